The van der Waals surface area contributed by atoms with Gasteiger partial charge in [0.25, 0.3) is 0 Å². The summed E-state index contributed by atoms with van der Waals surface area (Å²) >= 11 is 0. The number of unbranched alkanes of at least 4 members (excludes halogenated alkanes) is 5. The highest BCUT2D eigenvalue weighted by atomic mass is 15.1. The Morgan fingerprint density at radius 3 is 1.90 bits per heavy atom. The Bertz CT molecular complexity index is 1510. The molecule has 0 bridgehead atoms. The largest absolute Gasteiger partial charge is 0.255 e. The van der Waals surface area contributed by atoms with Crippen molar-refractivity contribution in [2.24, 2.45) is 0 Å². The number of pyridine rings is 1. The van der Waals surface area contributed by atoms with Crippen LogP contribution in [-0.4, -0.2) is 19.9 Å². The number of fused-ring (bicyclic) bond motifs is 3. The van der Waals surface area contributed by atoms with Crippen molar-refractivity contribution in [3.63, 3.8) is 0 Å². The van der Waals surface area contributed by atoms with E-state index >= 15 is 0 Å². The van der Waals surface area contributed by atoms with Gasteiger partial charge in [0.05, 0.1) is 5.69 Å². The molecule has 220 valence electrons. The highest BCUT2D eigenvalue weighted by molar-refractivity contribution is 5.83. The van der Waals surface area contributed by atoms with E-state index in [0.29, 0.717) is 5.82 Å². The van der Waals surface area contributed by atoms with Crippen LogP contribution in [0.4, 0.5) is 0 Å². The van der Waals surface area contributed by atoms with E-state index in [1.807, 2.05) is 6.20 Å². The number of nitrogens with zero attached hydrogens (tertiary/aromatic N) is 4. The predicted octanol–water partition coefficient (Wildman–Crippen LogP) is 10.2. The van der Waals surface area contributed by atoms with Gasteiger partial charge in [0.1, 0.15) is 11.6 Å². The van der Waals surface area contributed by atoms with Crippen molar-refractivity contribution in [1.82, 2.24) is 19.9 Å². The van der Waals surface area contributed by atoms with Gasteiger partial charge in [-0.3, -0.25) is 4.98 Å². The Kier molecular flexibility index (Phi) is 8.38. The zero-order valence-electron chi connectivity index (χ0n) is 27.0. The summed E-state index contributed by atoms with van der Waals surface area (Å²) in [5.41, 5.74) is 8.37. The minimum absolute atomic E-state index is 0.0181. The van der Waals surface area contributed by atoms with Gasteiger partial charge in [0, 0.05) is 33.6 Å². The normalized spacial score (nSPS) is 16.4. The fraction of sp³-hybridized carbons (Fsp3) is 0.474. The Morgan fingerprint density at radius 1 is 0.643 bits per heavy atom. The molecule has 0 spiro atoms. The molecular weight excluding hydrogens is 512 g/mol. The minimum Gasteiger partial charge on any atom is -0.255 e. The first-order valence-electron chi connectivity index (χ1n) is 15.9. The van der Waals surface area contributed by atoms with Crippen LogP contribution in [0, 0.1) is 0 Å². The van der Waals surface area contributed by atoms with Crippen molar-refractivity contribution in [3.8, 4) is 33.8 Å². The van der Waals surface area contributed by atoms with E-state index in [1.54, 1.807) is 0 Å². The lowest BCUT2D eigenvalue weighted by Crippen LogP contribution is -2.24. The van der Waals surface area contributed by atoms with Gasteiger partial charge >= 0.3 is 0 Å². The first kappa shape index (κ1) is 30.1. The van der Waals surface area contributed by atoms with Gasteiger partial charge in [-0.2, -0.15) is 0 Å². The van der Waals surface area contributed by atoms with Crippen molar-refractivity contribution >= 4 is 0 Å². The highest BCUT2D eigenvalue weighted by Crippen LogP contribution is 2.52. The molecule has 2 aromatic carbocycles. The Hall–Kier alpha value is -3.40. The monoisotopic (exact) mass is 560 g/mol. The van der Waals surface area contributed by atoms with E-state index < -0.39 is 0 Å². The first-order chi connectivity index (χ1) is 19.9. The van der Waals surface area contributed by atoms with Crippen LogP contribution in [0.25, 0.3) is 33.8 Å². The van der Waals surface area contributed by atoms with Crippen LogP contribution in [0.2, 0.25) is 0 Å². The maximum absolute atomic E-state index is 4.93. The molecule has 4 heteroatoms. The van der Waals surface area contributed by atoms with E-state index in [-0.39, 0.29) is 16.2 Å². The summed E-state index contributed by atoms with van der Waals surface area (Å²) in [6.07, 6.45) is 11.0. The van der Waals surface area contributed by atoms with Crippen LogP contribution in [0.15, 0.2) is 60.8 Å². The molecule has 0 radical (unpaired) electrons. The quantitative estimate of drug-likeness (QED) is 0.191. The number of benzene rings is 2. The van der Waals surface area contributed by atoms with Gasteiger partial charge in [-0.15, -0.1) is 0 Å². The summed E-state index contributed by atoms with van der Waals surface area (Å²) in [7, 11) is 0. The van der Waals surface area contributed by atoms with Crippen LogP contribution in [-0.2, 0) is 16.2 Å². The fourth-order valence-electron chi connectivity index (χ4n) is 6.14. The fourth-order valence-corrected chi connectivity index (χ4v) is 6.14. The summed E-state index contributed by atoms with van der Waals surface area (Å²) in [6.45, 7) is 17.6. The summed E-state index contributed by atoms with van der Waals surface area (Å²) in [4.78, 5) is 19.5. The summed E-state index contributed by atoms with van der Waals surface area (Å²) in [5, 5.41) is 0. The zero-order chi connectivity index (χ0) is 30.1. The predicted molar refractivity (Wildman–Crippen MR) is 176 cm³/mol. The van der Waals surface area contributed by atoms with Crippen molar-refractivity contribution < 1.29 is 0 Å². The van der Waals surface area contributed by atoms with Gasteiger partial charge in [0.2, 0.25) is 0 Å². The van der Waals surface area contributed by atoms with Gasteiger partial charge < -0.3 is 0 Å². The highest BCUT2D eigenvalue weighted by Gasteiger charge is 2.38. The SMILES string of the molecule is CCCCCCCCC1(C)c2ccccc2-c2ccc(-c3ccc(-c4nc(C(C)(C)C)nc(C(C)(C)C)n4)cn3)cc21. The summed E-state index contributed by atoms with van der Waals surface area (Å²) < 4.78 is 0. The van der Waals surface area contributed by atoms with E-state index in [4.69, 9.17) is 19.9 Å². The average molecular weight is 561 g/mol. The van der Waals surface area contributed by atoms with Crippen LogP contribution in [0.3, 0.4) is 0 Å². The average Bonchev–Trinajstić information content (AvgIpc) is 3.21. The molecule has 0 N–H and O–H groups in total. The van der Waals surface area contributed by atoms with Crippen molar-refractivity contribution in [2.75, 3.05) is 0 Å². The summed E-state index contributed by atoms with van der Waals surface area (Å²) in [5.74, 6) is 2.31. The molecule has 2 heterocycles. The Labute approximate surface area is 253 Å². The smallest absolute Gasteiger partial charge is 0.164 e. The molecule has 1 unspecified atom stereocenters. The molecule has 0 fully saturated rings. The molecule has 42 heavy (non-hydrogen) atoms. The second-order valence-corrected chi connectivity index (χ2v) is 14.4. The van der Waals surface area contributed by atoms with Gasteiger partial charge in [-0.25, -0.2) is 15.0 Å². The first-order valence-corrected chi connectivity index (χ1v) is 15.9. The second-order valence-electron chi connectivity index (χ2n) is 14.4. The van der Waals surface area contributed by atoms with Crippen LogP contribution >= 0.6 is 0 Å². The molecule has 0 amide bonds. The topological polar surface area (TPSA) is 51.6 Å². The van der Waals surface area contributed by atoms with Crippen molar-refractivity contribution in [1.29, 1.82) is 0 Å². The number of hydrogen-bond donors (Lipinski definition) is 0. The molecule has 0 saturated heterocycles. The Morgan fingerprint density at radius 2 is 1.26 bits per heavy atom. The zero-order valence-corrected chi connectivity index (χ0v) is 27.0. The molecule has 2 aromatic heterocycles. The second kappa shape index (κ2) is 11.7. The number of hydrogen-bond acceptors (Lipinski definition) is 4. The number of aromatic nitrogens is 4. The maximum atomic E-state index is 4.93. The van der Waals surface area contributed by atoms with E-state index in [1.165, 1.54) is 67.2 Å². The Balaban J connectivity index is 1.46. The molecule has 1 aliphatic carbocycles. The molecule has 4 aromatic rings. The molecule has 1 aliphatic rings. The van der Waals surface area contributed by atoms with Crippen LogP contribution < -0.4 is 0 Å². The minimum atomic E-state index is -0.171. The lowest BCUT2D eigenvalue weighted by Gasteiger charge is -2.28. The molecule has 1 atom stereocenters. The third-order valence-corrected chi connectivity index (χ3v) is 8.75. The van der Waals surface area contributed by atoms with E-state index in [0.717, 1.165) is 28.5 Å². The van der Waals surface area contributed by atoms with E-state index in [2.05, 4.69) is 110 Å². The van der Waals surface area contributed by atoms with Crippen LogP contribution in [0.1, 0.15) is 123 Å². The molecular formula is C38H48N4. The molecule has 0 aliphatic heterocycles. The van der Waals surface area contributed by atoms with Crippen molar-refractivity contribution in [2.45, 2.75) is 117 Å². The van der Waals surface area contributed by atoms with Gasteiger partial charge in [-0.05, 0) is 46.9 Å². The third-order valence-electron chi connectivity index (χ3n) is 8.75. The van der Waals surface area contributed by atoms with Gasteiger partial charge in [0.15, 0.2) is 5.82 Å². The number of rotatable bonds is 9. The molecule has 0 saturated carbocycles. The van der Waals surface area contributed by atoms with Crippen molar-refractivity contribution in [3.05, 3.63) is 83.6 Å². The lowest BCUT2D eigenvalue weighted by molar-refractivity contribution is 0.481. The molecule has 4 nitrogen and oxygen atoms in total. The summed E-state index contributed by atoms with van der Waals surface area (Å²) in [6, 6.07) is 20.1. The maximum Gasteiger partial charge on any atom is 0.164 e. The molecule has 5 rings (SSSR count). The third kappa shape index (κ3) is 6.04. The van der Waals surface area contributed by atoms with E-state index in [9.17, 15) is 0 Å². The lowest BCUT2D eigenvalue weighted by atomic mass is 9.75. The standard InChI is InChI=1S/C38H48N4/c1-9-10-11-12-13-16-23-38(8)30-18-15-14-17-28(30)29-21-19-26(24-31(29)38)32-22-20-27(25-39-32)33-40-34(36(2,3)4)42-35(41-33)37(5,6)7/h14-15,17-22,24-25H,9-13,16,23H2,1-8H3. The van der Waals surface area contributed by atoms with Crippen LogP contribution in [0.5, 0.6) is 0 Å². The van der Waals surface area contributed by atoms with Gasteiger partial charge in [-0.1, -0.05) is 130 Å².